The van der Waals surface area contributed by atoms with E-state index in [2.05, 4.69) is 10.3 Å². The molecule has 1 atom stereocenters. The molecule has 0 aliphatic heterocycles. The zero-order valence-corrected chi connectivity index (χ0v) is 12.8. The Morgan fingerprint density at radius 3 is 2.50 bits per heavy atom. The first kappa shape index (κ1) is 17.4. The van der Waals surface area contributed by atoms with E-state index in [1.807, 2.05) is 20.8 Å². The molecule has 0 aliphatic rings. The monoisotopic (exact) mass is 310 g/mol. The summed E-state index contributed by atoms with van der Waals surface area (Å²) in [5.74, 6) is 0. The van der Waals surface area contributed by atoms with E-state index < -0.39 is 11.9 Å². The van der Waals surface area contributed by atoms with E-state index in [1.54, 1.807) is 0 Å². The van der Waals surface area contributed by atoms with Crippen LogP contribution in [0.3, 0.4) is 0 Å². The maximum absolute atomic E-state index is 13.0. The summed E-state index contributed by atoms with van der Waals surface area (Å²) in [4.78, 5) is 4.01. The summed E-state index contributed by atoms with van der Waals surface area (Å²) in [5, 5.41) is 3.41. The van der Waals surface area contributed by atoms with Crippen molar-refractivity contribution in [2.75, 3.05) is 13.2 Å². The Kier molecular flexibility index (Phi) is 6.91. The summed E-state index contributed by atoms with van der Waals surface area (Å²) in [6, 6.07) is 0. The normalized spacial score (nSPS) is 13.7. The average molecular weight is 310 g/mol. The van der Waals surface area contributed by atoms with Gasteiger partial charge in [-0.1, -0.05) is 13.8 Å². The molecule has 0 spiro atoms. The van der Waals surface area contributed by atoms with E-state index in [4.69, 9.17) is 4.74 Å². The smallest absolute Gasteiger partial charge is 0.371 e. The molecule has 1 aromatic heterocycles. The van der Waals surface area contributed by atoms with Gasteiger partial charge in [-0.15, -0.1) is 11.3 Å². The third-order valence-electron chi connectivity index (χ3n) is 2.71. The molecule has 1 unspecified atom stereocenters. The van der Waals surface area contributed by atoms with Gasteiger partial charge in [-0.3, -0.25) is 0 Å². The highest BCUT2D eigenvalue weighted by Crippen LogP contribution is 2.37. The first-order chi connectivity index (χ1) is 9.43. The molecule has 0 saturated carbocycles. The van der Waals surface area contributed by atoms with Gasteiger partial charge in [0.15, 0.2) is 5.69 Å². The van der Waals surface area contributed by atoms with Gasteiger partial charge in [-0.05, 0) is 26.3 Å². The van der Waals surface area contributed by atoms with Gasteiger partial charge in [0, 0.05) is 13.2 Å². The SMILES string of the molecule is CCCNCc1sc(C(CC)OCC)nc1C(F)(F)F. The number of hydrogen-bond acceptors (Lipinski definition) is 4. The maximum Gasteiger partial charge on any atom is 0.434 e. The second-order valence-corrected chi connectivity index (χ2v) is 5.47. The van der Waals surface area contributed by atoms with Crippen LogP contribution in [0.15, 0.2) is 0 Å². The lowest BCUT2D eigenvalue weighted by Crippen LogP contribution is -2.17. The first-order valence-electron chi connectivity index (χ1n) is 6.83. The molecule has 1 heterocycles. The van der Waals surface area contributed by atoms with Crippen LogP contribution in [0.25, 0.3) is 0 Å². The lowest BCUT2D eigenvalue weighted by molar-refractivity contribution is -0.141. The van der Waals surface area contributed by atoms with Gasteiger partial charge in [-0.25, -0.2) is 4.98 Å². The number of halogens is 3. The fraction of sp³-hybridized carbons (Fsp3) is 0.769. The molecule has 3 nitrogen and oxygen atoms in total. The molecule has 0 fully saturated rings. The molecule has 0 amide bonds. The predicted molar refractivity (Wildman–Crippen MR) is 73.8 cm³/mol. The van der Waals surface area contributed by atoms with Gasteiger partial charge in [0.05, 0.1) is 4.88 Å². The van der Waals surface area contributed by atoms with E-state index in [0.29, 0.717) is 24.6 Å². The first-order valence-corrected chi connectivity index (χ1v) is 7.64. The Hall–Kier alpha value is -0.660. The van der Waals surface area contributed by atoms with E-state index >= 15 is 0 Å². The zero-order chi connectivity index (χ0) is 15.2. The molecule has 0 saturated heterocycles. The van der Waals surface area contributed by atoms with Crippen molar-refractivity contribution < 1.29 is 17.9 Å². The number of aromatic nitrogens is 1. The number of hydrogen-bond donors (Lipinski definition) is 1. The van der Waals surface area contributed by atoms with Crippen LogP contribution in [-0.4, -0.2) is 18.1 Å². The second kappa shape index (κ2) is 7.95. The van der Waals surface area contributed by atoms with Gasteiger partial charge in [0.25, 0.3) is 0 Å². The number of rotatable bonds is 8. The molecular weight excluding hydrogens is 289 g/mol. The lowest BCUT2D eigenvalue weighted by atomic mass is 10.3. The topological polar surface area (TPSA) is 34.1 Å². The molecule has 0 aromatic carbocycles. The van der Waals surface area contributed by atoms with Crippen molar-refractivity contribution in [3.8, 4) is 0 Å². The van der Waals surface area contributed by atoms with E-state index in [1.165, 1.54) is 0 Å². The molecular formula is C13H21F3N2OS. The number of nitrogens with zero attached hydrogens (tertiary/aromatic N) is 1. The van der Waals surface area contributed by atoms with Crippen molar-refractivity contribution >= 4 is 11.3 Å². The number of thiazole rings is 1. The fourth-order valence-corrected chi connectivity index (χ4v) is 2.98. The molecule has 20 heavy (non-hydrogen) atoms. The van der Waals surface area contributed by atoms with Gasteiger partial charge in [-0.2, -0.15) is 13.2 Å². The molecule has 0 bridgehead atoms. The van der Waals surface area contributed by atoms with Crippen LogP contribution >= 0.6 is 11.3 Å². The van der Waals surface area contributed by atoms with Gasteiger partial charge >= 0.3 is 6.18 Å². The second-order valence-electron chi connectivity index (χ2n) is 4.35. The minimum atomic E-state index is -4.41. The van der Waals surface area contributed by atoms with Crippen LogP contribution in [0.4, 0.5) is 13.2 Å². The molecule has 1 rings (SSSR count). The highest BCUT2D eigenvalue weighted by atomic mass is 32.1. The Morgan fingerprint density at radius 2 is 2.00 bits per heavy atom. The lowest BCUT2D eigenvalue weighted by Gasteiger charge is -2.11. The van der Waals surface area contributed by atoms with Crippen LogP contribution in [0.5, 0.6) is 0 Å². The van der Waals surface area contributed by atoms with Crippen LogP contribution < -0.4 is 5.32 Å². The maximum atomic E-state index is 13.0. The summed E-state index contributed by atoms with van der Waals surface area (Å²) < 4.78 is 44.4. The Balaban J connectivity index is 2.98. The molecule has 0 aliphatic carbocycles. The van der Waals surface area contributed by atoms with E-state index in [9.17, 15) is 13.2 Å². The summed E-state index contributed by atoms with van der Waals surface area (Å²) in [6.07, 6.45) is -3.28. The quantitative estimate of drug-likeness (QED) is 0.732. The third kappa shape index (κ3) is 4.71. The van der Waals surface area contributed by atoms with Gasteiger partial charge in [0.1, 0.15) is 11.1 Å². The third-order valence-corrected chi connectivity index (χ3v) is 3.86. The fourth-order valence-electron chi connectivity index (χ4n) is 1.79. The zero-order valence-electron chi connectivity index (χ0n) is 12.0. The highest BCUT2D eigenvalue weighted by Gasteiger charge is 2.38. The van der Waals surface area contributed by atoms with Gasteiger partial charge in [0.2, 0.25) is 0 Å². The van der Waals surface area contributed by atoms with Crippen molar-refractivity contribution in [2.24, 2.45) is 0 Å². The Labute approximate surface area is 121 Å². The molecule has 1 aromatic rings. The van der Waals surface area contributed by atoms with Crippen molar-refractivity contribution in [3.63, 3.8) is 0 Å². The molecule has 7 heteroatoms. The molecule has 116 valence electrons. The standard InChI is InChI=1S/C13H21F3N2OS/c1-4-7-17-8-10-11(13(14,15)16)18-12(20-10)9(5-2)19-6-3/h9,17H,4-8H2,1-3H3. The summed E-state index contributed by atoms with van der Waals surface area (Å²) in [5.41, 5.74) is -0.778. The minimum Gasteiger partial charge on any atom is -0.371 e. The van der Waals surface area contributed by atoms with Crippen LogP contribution in [-0.2, 0) is 17.5 Å². The molecule has 0 radical (unpaired) electrons. The van der Waals surface area contributed by atoms with Crippen molar-refractivity contribution in [1.82, 2.24) is 10.3 Å². The van der Waals surface area contributed by atoms with E-state index in [-0.39, 0.29) is 17.5 Å². The summed E-state index contributed by atoms with van der Waals surface area (Å²) >= 11 is 1.09. The summed E-state index contributed by atoms with van der Waals surface area (Å²) in [7, 11) is 0. The average Bonchev–Trinajstić information content (AvgIpc) is 2.80. The van der Waals surface area contributed by atoms with Crippen molar-refractivity contribution in [1.29, 1.82) is 0 Å². The number of nitrogens with one attached hydrogen (secondary N) is 1. The van der Waals surface area contributed by atoms with E-state index in [0.717, 1.165) is 17.8 Å². The van der Waals surface area contributed by atoms with Crippen LogP contribution in [0.2, 0.25) is 0 Å². The van der Waals surface area contributed by atoms with Crippen molar-refractivity contribution in [2.45, 2.75) is 52.4 Å². The van der Waals surface area contributed by atoms with Crippen LogP contribution in [0.1, 0.15) is 55.3 Å². The van der Waals surface area contributed by atoms with Crippen molar-refractivity contribution in [3.05, 3.63) is 15.6 Å². The minimum absolute atomic E-state index is 0.197. The summed E-state index contributed by atoms with van der Waals surface area (Å²) in [6.45, 7) is 7.02. The number of alkyl halides is 3. The molecule has 1 N–H and O–H groups in total. The highest BCUT2D eigenvalue weighted by molar-refractivity contribution is 7.11. The Morgan fingerprint density at radius 1 is 1.30 bits per heavy atom. The largest absolute Gasteiger partial charge is 0.434 e. The predicted octanol–water partition coefficient (Wildman–Crippen LogP) is 4.15. The Bertz CT molecular complexity index is 407. The van der Waals surface area contributed by atoms with Crippen LogP contribution in [0, 0.1) is 0 Å². The number of ether oxygens (including phenoxy) is 1. The van der Waals surface area contributed by atoms with Gasteiger partial charge < -0.3 is 10.1 Å².